The third kappa shape index (κ3) is 4.22. The summed E-state index contributed by atoms with van der Waals surface area (Å²) < 4.78 is 0. The topological polar surface area (TPSA) is 72.9 Å². The van der Waals surface area contributed by atoms with Gasteiger partial charge in [-0.25, -0.2) is 9.59 Å². The summed E-state index contributed by atoms with van der Waals surface area (Å²) in [5.41, 5.74) is 0.584. The summed E-state index contributed by atoms with van der Waals surface area (Å²) >= 11 is 0. The Bertz CT molecular complexity index is 551. The van der Waals surface area contributed by atoms with Gasteiger partial charge in [0.25, 0.3) is 0 Å². The Labute approximate surface area is 136 Å². The minimum Gasteiger partial charge on any atom is -0.479 e. The van der Waals surface area contributed by atoms with Crippen LogP contribution in [0.25, 0.3) is 0 Å². The zero-order valence-corrected chi connectivity index (χ0v) is 13.1. The van der Waals surface area contributed by atoms with Crippen LogP contribution >= 0.6 is 0 Å². The van der Waals surface area contributed by atoms with Crippen molar-refractivity contribution >= 4 is 12.0 Å². The number of rotatable bonds is 5. The molecule has 1 aromatic rings. The molecule has 1 aromatic carbocycles. The maximum atomic E-state index is 12.4. The van der Waals surface area contributed by atoms with E-state index in [-0.39, 0.29) is 6.03 Å². The molecule has 124 valence electrons. The summed E-state index contributed by atoms with van der Waals surface area (Å²) in [6.45, 7) is 4.18. The Kier molecular flexibility index (Phi) is 4.81. The van der Waals surface area contributed by atoms with Gasteiger partial charge in [-0.2, -0.15) is 0 Å². The fraction of sp³-hybridized carbons (Fsp3) is 0.529. The lowest BCUT2D eigenvalue weighted by Gasteiger charge is -2.35. The Morgan fingerprint density at radius 3 is 2.35 bits per heavy atom. The summed E-state index contributed by atoms with van der Waals surface area (Å²) in [4.78, 5) is 27.9. The molecule has 2 N–H and O–H groups in total. The van der Waals surface area contributed by atoms with E-state index in [1.54, 1.807) is 29.2 Å². The number of nitrogens with one attached hydrogen (secondary N) is 1. The van der Waals surface area contributed by atoms with Gasteiger partial charge >= 0.3 is 12.0 Å². The van der Waals surface area contributed by atoms with Crippen molar-refractivity contribution < 1.29 is 14.7 Å². The van der Waals surface area contributed by atoms with E-state index >= 15 is 0 Å². The number of carbonyl (C=O) groups is 2. The van der Waals surface area contributed by atoms with Crippen LogP contribution in [0.5, 0.6) is 0 Å². The molecule has 2 amide bonds. The van der Waals surface area contributed by atoms with Gasteiger partial charge in [-0.3, -0.25) is 4.90 Å². The highest BCUT2D eigenvalue weighted by atomic mass is 16.4. The number of amides is 2. The second kappa shape index (κ2) is 7.00. The lowest BCUT2D eigenvalue weighted by molar-refractivity contribution is -0.139. The maximum absolute atomic E-state index is 12.4. The second-order valence-corrected chi connectivity index (χ2v) is 6.36. The number of hydrogen-bond acceptors (Lipinski definition) is 3. The molecule has 1 heterocycles. The van der Waals surface area contributed by atoms with Crippen LogP contribution < -0.4 is 5.32 Å². The van der Waals surface area contributed by atoms with E-state index in [4.69, 9.17) is 0 Å². The molecule has 2 aliphatic rings. The molecular weight excluding hydrogens is 294 g/mol. The maximum Gasteiger partial charge on any atom is 0.330 e. The molecule has 0 aromatic heterocycles. The zero-order valence-electron chi connectivity index (χ0n) is 13.1. The average molecular weight is 317 g/mol. The van der Waals surface area contributed by atoms with E-state index in [1.807, 2.05) is 6.07 Å². The van der Waals surface area contributed by atoms with Crippen LogP contribution in [0.4, 0.5) is 4.79 Å². The van der Waals surface area contributed by atoms with Gasteiger partial charge in [0.05, 0.1) is 0 Å². The normalized spacial score (nSPS) is 20.1. The molecule has 0 radical (unpaired) electrons. The monoisotopic (exact) mass is 317 g/mol. The smallest absolute Gasteiger partial charge is 0.330 e. The van der Waals surface area contributed by atoms with Gasteiger partial charge in [0, 0.05) is 32.7 Å². The molecule has 6 heteroatoms. The molecule has 0 spiro atoms. The van der Waals surface area contributed by atoms with Crippen molar-refractivity contribution in [3.63, 3.8) is 0 Å². The summed E-state index contributed by atoms with van der Waals surface area (Å²) in [5, 5.41) is 12.0. The van der Waals surface area contributed by atoms with E-state index in [2.05, 4.69) is 10.2 Å². The molecule has 2 fully saturated rings. The highest BCUT2D eigenvalue weighted by Gasteiger charge is 2.29. The van der Waals surface area contributed by atoms with Crippen LogP contribution in [-0.4, -0.2) is 59.6 Å². The van der Waals surface area contributed by atoms with E-state index in [9.17, 15) is 14.7 Å². The molecule has 1 atom stereocenters. The lowest BCUT2D eigenvalue weighted by atomic mass is 10.1. The molecule has 1 saturated heterocycles. The molecule has 6 nitrogen and oxygen atoms in total. The van der Waals surface area contributed by atoms with Gasteiger partial charge in [0.1, 0.15) is 0 Å². The standard InChI is InChI=1S/C17H23N3O3/c21-16(22)15(14-4-2-1-3-5-14)18-17(23)20-10-8-19(9-11-20)12-13-6-7-13/h1-5,13,15H,6-12H2,(H,18,23)(H,21,22)/t15-/m0/s1. The first-order valence-electron chi connectivity index (χ1n) is 8.19. The Morgan fingerprint density at radius 1 is 1.13 bits per heavy atom. The quantitative estimate of drug-likeness (QED) is 0.864. The highest BCUT2D eigenvalue weighted by molar-refractivity contribution is 5.83. The fourth-order valence-corrected chi connectivity index (χ4v) is 2.95. The first-order chi connectivity index (χ1) is 11.1. The van der Waals surface area contributed by atoms with Gasteiger partial charge in [-0.05, 0) is 24.3 Å². The molecule has 3 rings (SSSR count). The first kappa shape index (κ1) is 15.8. The van der Waals surface area contributed by atoms with Crippen molar-refractivity contribution in [1.82, 2.24) is 15.1 Å². The third-order valence-corrected chi connectivity index (χ3v) is 4.52. The molecule has 0 unspecified atom stereocenters. The molecular formula is C17H23N3O3. The Hall–Kier alpha value is -2.08. The van der Waals surface area contributed by atoms with E-state index in [0.29, 0.717) is 18.7 Å². The Morgan fingerprint density at radius 2 is 1.78 bits per heavy atom. The van der Waals surface area contributed by atoms with E-state index < -0.39 is 12.0 Å². The van der Waals surface area contributed by atoms with Crippen LogP contribution in [0.2, 0.25) is 0 Å². The SMILES string of the molecule is O=C(O)[C@@H](NC(=O)N1CCN(CC2CC2)CC1)c1ccccc1. The van der Waals surface area contributed by atoms with Crippen molar-refractivity contribution in [3.8, 4) is 0 Å². The van der Waals surface area contributed by atoms with Crippen LogP contribution in [0, 0.1) is 5.92 Å². The summed E-state index contributed by atoms with van der Waals surface area (Å²) in [6.07, 6.45) is 2.66. The average Bonchev–Trinajstić information content (AvgIpc) is 3.37. The van der Waals surface area contributed by atoms with Crippen LogP contribution in [-0.2, 0) is 4.79 Å². The minimum atomic E-state index is -1.04. The number of carboxylic acids is 1. The van der Waals surface area contributed by atoms with Crippen LogP contribution in [0.1, 0.15) is 24.4 Å². The second-order valence-electron chi connectivity index (χ2n) is 6.36. The van der Waals surface area contributed by atoms with Gasteiger partial charge in [0.2, 0.25) is 0 Å². The van der Waals surface area contributed by atoms with Crippen LogP contribution in [0.15, 0.2) is 30.3 Å². The van der Waals surface area contributed by atoms with Crippen molar-refractivity contribution in [1.29, 1.82) is 0 Å². The number of aliphatic carboxylic acids is 1. The number of carbonyl (C=O) groups excluding carboxylic acids is 1. The molecule has 23 heavy (non-hydrogen) atoms. The first-order valence-corrected chi connectivity index (χ1v) is 8.19. The number of nitrogens with zero attached hydrogens (tertiary/aromatic N) is 2. The van der Waals surface area contributed by atoms with Crippen LogP contribution in [0.3, 0.4) is 0 Å². The van der Waals surface area contributed by atoms with E-state index in [0.717, 1.165) is 25.6 Å². The zero-order chi connectivity index (χ0) is 16.2. The highest BCUT2D eigenvalue weighted by Crippen LogP contribution is 2.29. The number of carboxylic acid groups (broad SMARTS) is 1. The number of hydrogen-bond donors (Lipinski definition) is 2. The largest absolute Gasteiger partial charge is 0.479 e. The van der Waals surface area contributed by atoms with Crippen molar-refractivity contribution in [2.45, 2.75) is 18.9 Å². The van der Waals surface area contributed by atoms with Crippen molar-refractivity contribution in [3.05, 3.63) is 35.9 Å². The van der Waals surface area contributed by atoms with Crippen molar-refractivity contribution in [2.75, 3.05) is 32.7 Å². The number of piperazine rings is 1. The predicted octanol–water partition coefficient (Wildman–Crippen LogP) is 1.55. The minimum absolute atomic E-state index is 0.299. The van der Waals surface area contributed by atoms with Gasteiger partial charge in [0.15, 0.2) is 6.04 Å². The summed E-state index contributed by atoms with van der Waals surface area (Å²) in [5.74, 6) is -0.193. The summed E-state index contributed by atoms with van der Waals surface area (Å²) in [6, 6.07) is 7.49. The molecule has 1 saturated carbocycles. The molecule has 1 aliphatic heterocycles. The van der Waals surface area contributed by atoms with Crippen molar-refractivity contribution in [2.24, 2.45) is 5.92 Å². The van der Waals surface area contributed by atoms with Gasteiger partial charge < -0.3 is 15.3 Å². The number of urea groups is 1. The Balaban J connectivity index is 1.54. The number of benzene rings is 1. The van der Waals surface area contributed by atoms with E-state index in [1.165, 1.54) is 12.8 Å². The van der Waals surface area contributed by atoms with Gasteiger partial charge in [-0.15, -0.1) is 0 Å². The lowest BCUT2D eigenvalue weighted by Crippen LogP contribution is -2.53. The summed E-state index contributed by atoms with van der Waals surface area (Å²) in [7, 11) is 0. The predicted molar refractivity (Wildman–Crippen MR) is 86.1 cm³/mol. The molecule has 1 aliphatic carbocycles. The third-order valence-electron chi connectivity index (χ3n) is 4.52. The molecule has 0 bridgehead atoms. The fourth-order valence-electron chi connectivity index (χ4n) is 2.95. The van der Waals surface area contributed by atoms with Gasteiger partial charge in [-0.1, -0.05) is 30.3 Å².